The maximum absolute atomic E-state index is 13.2. The first-order valence-electron chi connectivity index (χ1n) is 9.01. The first-order chi connectivity index (χ1) is 14.5. The second-order valence-electron chi connectivity index (χ2n) is 6.57. The van der Waals surface area contributed by atoms with E-state index in [9.17, 15) is 14.0 Å². The van der Waals surface area contributed by atoms with Gasteiger partial charge in [-0.05, 0) is 18.2 Å². The van der Waals surface area contributed by atoms with E-state index in [0.717, 1.165) is 10.6 Å². The molecule has 0 aliphatic carbocycles. The third-order valence-electron chi connectivity index (χ3n) is 4.40. The van der Waals surface area contributed by atoms with E-state index in [2.05, 4.69) is 25.6 Å². The van der Waals surface area contributed by atoms with E-state index >= 15 is 0 Å². The zero-order chi connectivity index (χ0) is 21.1. The van der Waals surface area contributed by atoms with Crippen LogP contribution in [0.2, 0.25) is 5.02 Å². The summed E-state index contributed by atoms with van der Waals surface area (Å²) in [6.07, 6.45) is 5.00. The number of benzene rings is 1. The number of fused-ring (bicyclic) bond motifs is 1. The molecule has 0 saturated heterocycles. The first kappa shape index (κ1) is 20.3. The normalized spacial score (nSPS) is 13.5. The van der Waals surface area contributed by atoms with Crippen LogP contribution in [0.25, 0.3) is 0 Å². The van der Waals surface area contributed by atoms with Crippen LogP contribution in [0.15, 0.2) is 36.8 Å². The number of carbonyl (C=O) groups excluding carboxylic acids is 2. The quantitative estimate of drug-likeness (QED) is 0.625. The van der Waals surface area contributed by atoms with Gasteiger partial charge in [0.15, 0.2) is 5.13 Å². The zero-order valence-corrected chi connectivity index (χ0v) is 17.1. The van der Waals surface area contributed by atoms with Crippen molar-refractivity contribution < 1.29 is 14.0 Å². The fourth-order valence-electron chi connectivity index (χ4n) is 2.99. The van der Waals surface area contributed by atoms with Crippen LogP contribution < -0.4 is 10.6 Å². The van der Waals surface area contributed by atoms with Crippen LogP contribution in [0.1, 0.15) is 21.1 Å². The summed E-state index contributed by atoms with van der Waals surface area (Å²) < 4.78 is 13.2. The molecule has 0 bridgehead atoms. The van der Waals surface area contributed by atoms with Crippen LogP contribution in [-0.2, 0) is 17.8 Å². The lowest BCUT2D eigenvalue weighted by molar-refractivity contribution is -0.117. The van der Waals surface area contributed by atoms with Crippen molar-refractivity contribution in [3.05, 3.63) is 63.9 Å². The largest absolute Gasteiger partial charge is 0.325 e. The first-order valence-corrected chi connectivity index (χ1v) is 10.2. The van der Waals surface area contributed by atoms with Crippen molar-refractivity contribution in [1.82, 2.24) is 19.9 Å². The number of hydrogen-bond acceptors (Lipinski definition) is 7. The lowest BCUT2D eigenvalue weighted by Gasteiger charge is -2.25. The van der Waals surface area contributed by atoms with Crippen molar-refractivity contribution in [2.24, 2.45) is 0 Å². The molecule has 0 spiro atoms. The minimum atomic E-state index is -0.536. The van der Waals surface area contributed by atoms with Gasteiger partial charge in [0.05, 0.1) is 23.5 Å². The smallest absolute Gasteiger partial charge is 0.277 e. The molecule has 2 aromatic heterocycles. The predicted octanol–water partition coefficient (Wildman–Crippen LogP) is 2.97. The van der Waals surface area contributed by atoms with Crippen LogP contribution in [0.4, 0.5) is 15.2 Å². The van der Waals surface area contributed by atoms with Gasteiger partial charge in [0.1, 0.15) is 11.5 Å². The Morgan fingerprint density at radius 3 is 2.90 bits per heavy atom. The van der Waals surface area contributed by atoms with Crippen LogP contribution in [0.3, 0.4) is 0 Å². The number of anilines is 2. The molecule has 0 atom stereocenters. The molecule has 8 nitrogen and oxygen atoms in total. The van der Waals surface area contributed by atoms with Gasteiger partial charge in [0, 0.05) is 42.5 Å². The van der Waals surface area contributed by atoms with E-state index in [1.807, 2.05) is 4.90 Å². The van der Waals surface area contributed by atoms with Crippen molar-refractivity contribution in [2.75, 3.05) is 23.7 Å². The monoisotopic (exact) mass is 446 g/mol. The number of hydrogen-bond donors (Lipinski definition) is 2. The Labute approximate surface area is 180 Å². The molecule has 30 heavy (non-hydrogen) atoms. The van der Waals surface area contributed by atoms with E-state index in [0.29, 0.717) is 30.3 Å². The molecule has 0 saturated carbocycles. The fraction of sp³-hybridized carbons (Fsp3) is 0.211. The van der Waals surface area contributed by atoms with Crippen molar-refractivity contribution >= 4 is 45.6 Å². The average molecular weight is 447 g/mol. The maximum Gasteiger partial charge on any atom is 0.277 e. The fourth-order valence-corrected chi connectivity index (χ4v) is 4.22. The topological polar surface area (TPSA) is 100 Å². The summed E-state index contributed by atoms with van der Waals surface area (Å²) in [7, 11) is 0. The van der Waals surface area contributed by atoms with Gasteiger partial charge in [-0.2, -0.15) is 0 Å². The third-order valence-corrected chi connectivity index (χ3v) is 5.68. The number of carbonyl (C=O) groups is 2. The molecular formula is C19H16ClFN6O2S. The molecule has 2 amide bonds. The maximum atomic E-state index is 13.2. The second kappa shape index (κ2) is 8.82. The Morgan fingerprint density at radius 2 is 2.13 bits per heavy atom. The predicted molar refractivity (Wildman–Crippen MR) is 111 cm³/mol. The molecule has 11 heteroatoms. The standard InChI is InChI=1S/C19H16ClFN6O2S/c20-12-7-11(1-2-13(12)21)24-17(28)10-27-6-3-14-16(9-27)30-19(25-14)26-18(29)15-8-22-4-5-23-15/h1-2,4-5,7-8H,3,6,9-10H2,(H,24,28)(H,25,26,29). The molecule has 0 radical (unpaired) electrons. The molecule has 3 aromatic rings. The minimum Gasteiger partial charge on any atom is -0.325 e. The number of amides is 2. The number of rotatable bonds is 5. The molecule has 1 aliphatic rings. The van der Waals surface area contributed by atoms with Gasteiger partial charge in [-0.1, -0.05) is 11.6 Å². The van der Waals surface area contributed by atoms with Crippen LogP contribution in [0, 0.1) is 5.82 Å². The Balaban J connectivity index is 1.35. The molecule has 2 N–H and O–H groups in total. The van der Waals surface area contributed by atoms with Gasteiger partial charge < -0.3 is 5.32 Å². The number of aromatic nitrogens is 3. The summed E-state index contributed by atoms with van der Waals surface area (Å²) in [5, 5.41) is 5.90. The summed E-state index contributed by atoms with van der Waals surface area (Å²) >= 11 is 7.12. The molecule has 1 aromatic carbocycles. The van der Waals surface area contributed by atoms with Crippen molar-refractivity contribution in [3.63, 3.8) is 0 Å². The van der Waals surface area contributed by atoms with Gasteiger partial charge in [-0.25, -0.2) is 14.4 Å². The summed E-state index contributed by atoms with van der Waals surface area (Å²) in [4.78, 5) is 39.8. The van der Waals surface area contributed by atoms with E-state index in [-0.39, 0.29) is 29.1 Å². The second-order valence-corrected chi connectivity index (χ2v) is 8.06. The minimum absolute atomic E-state index is 0.0452. The molecule has 3 heterocycles. The van der Waals surface area contributed by atoms with Crippen molar-refractivity contribution in [1.29, 1.82) is 0 Å². The summed E-state index contributed by atoms with van der Waals surface area (Å²) in [5.74, 6) is -1.13. The van der Waals surface area contributed by atoms with Gasteiger partial charge in [-0.15, -0.1) is 11.3 Å². The molecular weight excluding hydrogens is 431 g/mol. The van der Waals surface area contributed by atoms with E-state index in [1.165, 1.54) is 48.1 Å². The highest BCUT2D eigenvalue weighted by molar-refractivity contribution is 7.15. The average Bonchev–Trinajstić information content (AvgIpc) is 3.13. The Kier molecular flexibility index (Phi) is 5.98. The molecule has 4 rings (SSSR count). The van der Waals surface area contributed by atoms with Gasteiger partial charge >= 0.3 is 0 Å². The third kappa shape index (κ3) is 4.78. The van der Waals surface area contributed by atoms with Crippen molar-refractivity contribution in [2.45, 2.75) is 13.0 Å². The SMILES string of the molecule is O=C(CN1CCc2nc(NC(=O)c3cnccn3)sc2C1)Nc1ccc(F)c(Cl)c1. The summed E-state index contributed by atoms with van der Waals surface area (Å²) in [6.45, 7) is 1.38. The number of halogens is 2. The van der Waals surface area contributed by atoms with E-state index < -0.39 is 5.82 Å². The Hall–Kier alpha value is -2.95. The lowest BCUT2D eigenvalue weighted by Crippen LogP contribution is -2.36. The van der Waals surface area contributed by atoms with Gasteiger partial charge in [-0.3, -0.25) is 24.8 Å². The van der Waals surface area contributed by atoms with Gasteiger partial charge in [0.2, 0.25) is 5.91 Å². The highest BCUT2D eigenvalue weighted by Gasteiger charge is 2.23. The zero-order valence-electron chi connectivity index (χ0n) is 15.6. The van der Waals surface area contributed by atoms with Crippen LogP contribution in [0.5, 0.6) is 0 Å². The summed E-state index contributed by atoms with van der Waals surface area (Å²) in [6, 6.07) is 4.04. The number of nitrogens with one attached hydrogen (secondary N) is 2. The Morgan fingerprint density at radius 1 is 1.27 bits per heavy atom. The van der Waals surface area contributed by atoms with Crippen molar-refractivity contribution in [3.8, 4) is 0 Å². The molecule has 1 aliphatic heterocycles. The Bertz CT molecular complexity index is 1090. The lowest BCUT2D eigenvalue weighted by atomic mass is 10.2. The molecule has 154 valence electrons. The molecule has 0 fully saturated rings. The van der Waals surface area contributed by atoms with Crippen LogP contribution >= 0.6 is 22.9 Å². The highest BCUT2D eigenvalue weighted by atomic mass is 35.5. The number of thiazole rings is 1. The van der Waals surface area contributed by atoms with E-state index in [4.69, 9.17) is 11.6 Å². The molecule has 0 unspecified atom stereocenters. The van der Waals surface area contributed by atoms with E-state index in [1.54, 1.807) is 0 Å². The summed E-state index contributed by atoms with van der Waals surface area (Å²) in [5.41, 5.74) is 1.57. The van der Waals surface area contributed by atoms with Gasteiger partial charge in [0.25, 0.3) is 5.91 Å². The number of nitrogens with zero attached hydrogens (tertiary/aromatic N) is 4. The highest BCUT2D eigenvalue weighted by Crippen LogP contribution is 2.28. The van der Waals surface area contributed by atoms with Crippen LogP contribution in [-0.4, -0.2) is 44.8 Å².